The summed E-state index contributed by atoms with van der Waals surface area (Å²) in [5.41, 5.74) is 3.99. The van der Waals surface area contributed by atoms with E-state index in [2.05, 4.69) is 88.0 Å². The average Bonchev–Trinajstić information content (AvgIpc) is 3.29. The van der Waals surface area contributed by atoms with Crippen LogP contribution in [0, 0.1) is 0 Å². The minimum Gasteiger partial charge on any atom is -0.347 e. The Morgan fingerprint density at radius 3 is 2.54 bits per heavy atom. The minimum atomic E-state index is 0.243. The number of para-hydroxylation sites is 1. The van der Waals surface area contributed by atoms with E-state index >= 15 is 0 Å². The van der Waals surface area contributed by atoms with Gasteiger partial charge in [0.1, 0.15) is 0 Å². The number of fused-ring (bicyclic) bond motifs is 1. The molecule has 0 radical (unpaired) electrons. The summed E-state index contributed by atoms with van der Waals surface area (Å²) >= 11 is 0. The summed E-state index contributed by atoms with van der Waals surface area (Å²) < 4.78 is 4.55. The maximum atomic E-state index is 4.27. The van der Waals surface area contributed by atoms with Gasteiger partial charge in [0.2, 0.25) is 0 Å². The smallest absolute Gasteiger partial charge is 0.0951 e. The van der Waals surface area contributed by atoms with Gasteiger partial charge in [-0.1, -0.05) is 48.5 Å². The molecular weight excluding hydrogens is 294 g/mol. The van der Waals surface area contributed by atoms with Gasteiger partial charge >= 0.3 is 0 Å². The molecule has 0 aliphatic rings. The summed E-state index contributed by atoms with van der Waals surface area (Å²) in [5.74, 6) is 0. The molecule has 0 fully saturated rings. The van der Waals surface area contributed by atoms with Crippen LogP contribution in [0.3, 0.4) is 0 Å². The van der Waals surface area contributed by atoms with E-state index in [1.807, 2.05) is 12.5 Å². The van der Waals surface area contributed by atoms with Crippen molar-refractivity contribution >= 4 is 10.9 Å². The molecule has 0 aliphatic carbocycles. The highest BCUT2D eigenvalue weighted by Gasteiger charge is 2.19. The predicted molar refractivity (Wildman–Crippen MR) is 98.1 cm³/mol. The summed E-state index contributed by atoms with van der Waals surface area (Å²) in [4.78, 5) is 4.27. The topological polar surface area (TPSA) is 22.8 Å². The summed E-state index contributed by atoms with van der Waals surface area (Å²) in [7, 11) is 0. The molecule has 2 aromatic heterocycles. The summed E-state index contributed by atoms with van der Waals surface area (Å²) in [5, 5.41) is 1.33. The first-order valence-electron chi connectivity index (χ1n) is 8.46. The van der Waals surface area contributed by atoms with Crippen LogP contribution in [-0.4, -0.2) is 14.1 Å². The van der Waals surface area contributed by atoms with Gasteiger partial charge in [-0.2, -0.15) is 0 Å². The third-order valence-electron chi connectivity index (χ3n) is 4.68. The fourth-order valence-corrected chi connectivity index (χ4v) is 3.47. The Morgan fingerprint density at radius 1 is 1.00 bits per heavy atom. The fourth-order valence-electron chi connectivity index (χ4n) is 3.47. The molecular formula is C21H21N3. The number of benzene rings is 2. The number of aromatic nitrogens is 3. The van der Waals surface area contributed by atoms with Crippen LogP contribution in [0.15, 0.2) is 79.5 Å². The number of imidazole rings is 1. The lowest BCUT2D eigenvalue weighted by molar-refractivity contribution is 0.581. The molecule has 0 aliphatic heterocycles. The largest absolute Gasteiger partial charge is 0.347 e. The highest BCUT2D eigenvalue weighted by molar-refractivity contribution is 5.84. The number of hydrogen-bond donors (Lipinski definition) is 0. The van der Waals surface area contributed by atoms with Crippen LogP contribution in [0.25, 0.3) is 10.9 Å². The van der Waals surface area contributed by atoms with Crippen molar-refractivity contribution in [2.75, 3.05) is 0 Å². The third-order valence-corrected chi connectivity index (χ3v) is 4.68. The van der Waals surface area contributed by atoms with Gasteiger partial charge in [-0.3, -0.25) is 0 Å². The van der Waals surface area contributed by atoms with Crippen molar-refractivity contribution in [3.05, 3.63) is 90.6 Å². The number of aryl methyl sites for hydroxylation is 1. The molecule has 0 N–H and O–H groups in total. The zero-order valence-corrected chi connectivity index (χ0v) is 13.8. The van der Waals surface area contributed by atoms with E-state index in [0.717, 1.165) is 13.0 Å². The lowest BCUT2D eigenvalue weighted by Gasteiger charge is -2.18. The van der Waals surface area contributed by atoms with Crippen molar-refractivity contribution in [1.29, 1.82) is 0 Å². The van der Waals surface area contributed by atoms with Crippen molar-refractivity contribution in [1.82, 2.24) is 14.1 Å². The maximum absolute atomic E-state index is 4.27. The van der Waals surface area contributed by atoms with Crippen LogP contribution in [0.1, 0.15) is 24.1 Å². The van der Waals surface area contributed by atoms with Crippen LogP contribution in [-0.2, 0) is 13.0 Å². The monoisotopic (exact) mass is 315 g/mol. The standard InChI is InChI=1S/C21H21N3/c1-2-23-15-19(18-10-6-7-11-20(18)23)21(24-13-12-22-16-24)14-17-8-4-3-5-9-17/h3-13,15-16,21H,2,14H2,1H3. The van der Waals surface area contributed by atoms with Crippen molar-refractivity contribution in [2.45, 2.75) is 25.9 Å². The van der Waals surface area contributed by atoms with E-state index in [0.29, 0.717) is 0 Å². The summed E-state index contributed by atoms with van der Waals surface area (Å²) in [6.45, 7) is 3.17. The Morgan fingerprint density at radius 2 is 1.79 bits per heavy atom. The molecule has 120 valence electrons. The van der Waals surface area contributed by atoms with Crippen molar-refractivity contribution < 1.29 is 0 Å². The highest BCUT2D eigenvalue weighted by atomic mass is 15.1. The molecule has 4 aromatic rings. The third kappa shape index (κ3) is 2.62. The van der Waals surface area contributed by atoms with Gasteiger partial charge in [-0.25, -0.2) is 4.98 Å². The van der Waals surface area contributed by atoms with Gasteiger partial charge in [0.25, 0.3) is 0 Å². The number of nitrogens with zero attached hydrogens (tertiary/aromatic N) is 3. The molecule has 2 aromatic carbocycles. The molecule has 24 heavy (non-hydrogen) atoms. The molecule has 1 unspecified atom stereocenters. The Labute approximate surface area is 142 Å². The van der Waals surface area contributed by atoms with E-state index in [9.17, 15) is 0 Å². The second kappa shape index (κ2) is 6.36. The molecule has 3 heteroatoms. The van der Waals surface area contributed by atoms with Crippen LogP contribution < -0.4 is 0 Å². The average molecular weight is 315 g/mol. The first-order chi connectivity index (χ1) is 11.9. The quantitative estimate of drug-likeness (QED) is 0.524. The second-order valence-corrected chi connectivity index (χ2v) is 6.10. The Balaban J connectivity index is 1.85. The zero-order chi connectivity index (χ0) is 16.4. The molecule has 0 bridgehead atoms. The second-order valence-electron chi connectivity index (χ2n) is 6.10. The van der Waals surface area contributed by atoms with Crippen molar-refractivity contribution in [2.24, 2.45) is 0 Å². The van der Waals surface area contributed by atoms with E-state index in [1.54, 1.807) is 0 Å². The Bertz CT molecular complexity index is 920. The summed E-state index contributed by atoms with van der Waals surface area (Å²) in [6, 6.07) is 19.6. The van der Waals surface area contributed by atoms with E-state index in [-0.39, 0.29) is 6.04 Å². The van der Waals surface area contributed by atoms with Crippen LogP contribution in [0.4, 0.5) is 0 Å². The van der Waals surface area contributed by atoms with Gasteiger partial charge in [0, 0.05) is 41.6 Å². The summed E-state index contributed by atoms with van der Waals surface area (Å²) in [6.07, 6.45) is 9.10. The molecule has 1 atom stereocenters. The van der Waals surface area contributed by atoms with Crippen molar-refractivity contribution in [3.63, 3.8) is 0 Å². The molecule has 4 rings (SSSR count). The molecule has 2 heterocycles. The van der Waals surface area contributed by atoms with Gasteiger partial charge in [0.05, 0.1) is 12.4 Å². The van der Waals surface area contributed by atoms with Gasteiger partial charge in [-0.05, 0) is 25.0 Å². The highest BCUT2D eigenvalue weighted by Crippen LogP contribution is 2.31. The first-order valence-corrected chi connectivity index (χ1v) is 8.46. The van der Waals surface area contributed by atoms with Crippen LogP contribution in [0.5, 0.6) is 0 Å². The molecule has 0 amide bonds. The Hall–Kier alpha value is -2.81. The van der Waals surface area contributed by atoms with Gasteiger partial charge in [0.15, 0.2) is 0 Å². The van der Waals surface area contributed by atoms with Gasteiger partial charge < -0.3 is 9.13 Å². The lowest BCUT2D eigenvalue weighted by Crippen LogP contribution is -2.12. The molecule has 0 saturated carbocycles. The Kier molecular flexibility index (Phi) is 3.91. The zero-order valence-electron chi connectivity index (χ0n) is 13.8. The lowest BCUT2D eigenvalue weighted by atomic mass is 9.98. The predicted octanol–water partition coefficient (Wildman–Crippen LogP) is 4.69. The maximum Gasteiger partial charge on any atom is 0.0951 e. The van der Waals surface area contributed by atoms with E-state index in [4.69, 9.17) is 0 Å². The number of rotatable bonds is 5. The van der Waals surface area contributed by atoms with Crippen molar-refractivity contribution in [3.8, 4) is 0 Å². The molecule has 0 saturated heterocycles. The fraction of sp³-hybridized carbons (Fsp3) is 0.190. The van der Waals surface area contributed by atoms with Crippen LogP contribution in [0.2, 0.25) is 0 Å². The van der Waals surface area contributed by atoms with E-state index in [1.165, 1.54) is 22.0 Å². The normalized spacial score (nSPS) is 12.5. The first kappa shape index (κ1) is 14.8. The van der Waals surface area contributed by atoms with Gasteiger partial charge in [-0.15, -0.1) is 0 Å². The minimum absolute atomic E-state index is 0.243. The van der Waals surface area contributed by atoms with E-state index < -0.39 is 0 Å². The molecule has 3 nitrogen and oxygen atoms in total. The SMILES string of the molecule is CCn1cc(C(Cc2ccccc2)n2ccnc2)c2ccccc21. The number of hydrogen-bond acceptors (Lipinski definition) is 1. The van der Waals surface area contributed by atoms with Crippen LogP contribution >= 0.6 is 0 Å². The molecule has 0 spiro atoms.